The molecule has 1 aliphatic heterocycles. The molecule has 1 N–H and O–H groups in total. The third-order valence-electron chi connectivity index (χ3n) is 1.91. The third kappa shape index (κ3) is 3.28. The number of thioether (sulfide) groups is 1. The smallest absolute Gasteiger partial charge is 0.133 e. The van der Waals surface area contributed by atoms with Gasteiger partial charge in [-0.05, 0) is 13.0 Å². The molecule has 0 amide bonds. The first-order valence-corrected chi connectivity index (χ1v) is 5.45. The van der Waals surface area contributed by atoms with Gasteiger partial charge in [0.2, 0.25) is 0 Å². The summed E-state index contributed by atoms with van der Waals surface area (Å²) in [5, 5.41) is 5.42. The van der Waals surface area contributed by atoms with Gasteiger partial charge in [-0.2, -0.15) is 0 Å². The van der Waals surface area contributed by atoms with E-state index in [4.69, 9.17) is 11.6 Å². The molecule has 0 aromatic carbocycles. The molecule has 78 valence electrons. The minimum atomic E-state index is 0. The summed E-state index contributed by atoms with van der Waals surface area (Å²) < 4.78 is 0. The van der Waals surface area contributed by atoms with Crippen LogP contribution < -0.4 is 5.32 Å². The fraction of sp³-hybridized carbons (Fsp3) is 0.500. The van der Waals surface area contributed by atoms with Crippen molar-refractivity contribution < 1.29 is 0 Å². The molecule has 2 rings (SSSR count). The van der Waals surface area contributed by atoms with Crippen molar-refractivity contribution in [3.05, 3.63) is 17.5 Å². The standard InChI is InChI=1S/C8H10ClN3S.ClH/c9-7-3-8(12-5-11-7)13-6-1-2-10-4-6;/h3,5-6,10H,1-2,4H2;1H/t6-;/m0./s1. The van der Waals surface area contributed by atoms with E-state index in [1.165, 1.54) is 12.7 Å². The molecule has 1 aliphatic rings. The number of hydrogen-bond donors (Lipinski definition) is 1. The summed E-state index contributed by atoms with van der Waals surface area (Å²) in [5.41, 5.74) is 0. The highest BCUT2D eigenvalue weighted by molar-refractivity contribution is 7.99. The molecule has 6 heteroatoms. The van der Waals surface area contributed by atoms with Gasteiger partial charge in [-0.25, -0.2) is 9.97 Å². The lowest BCUT2D eigenvalue weighted by Crippen LogP contribution is -2.10. The molecule has 2 heterocycles. The van der Waals surface area contributed by atoms with Gasteiger partial charge < -0.3 is 5.32 Å². The van der Waals surface area contributed by atoms with Crippen molar-refractivity contribution in [3.8, 4) is 0 Å². The van der Waals surface area contributed by atoms with E-state index in [9.17, 15) is 0 Å². The third-order valence-corrected chi connectivity index (χ3v) is 3.32. The number of aromatic nitrogens is 2. The lowest BCUT2D eigenvalue weighted by atomic mass is 10.4. The minimum Gasteiger partial charge on any atom is -0.316 e. The van der Waals surface area contributed by atoms with Crippen LogP contribution in [-0.2, 0) is 0 Å². The largest absolute Gasteiger partial charge is 0.316 e. The Morgan fingerprint density at radius 3 is 3.00 bits per heavy atom. The van der Waals surface area contributed by atoms with Crippen LogP contribution in [0.25, 0.3) is 0 Å². The zero-order valence-electron chi connectivity index (χ0n) is 7.44. The van der Waals surface area contributed by atoms with E-state index in [1.54, 1.807) is 11.8 Å². The Bertz CT molecular complexity index is 292. The Morgan fingerprint density at radius 2 is 2.36 bits per heavy atom. The SMILES string of the molecule is Cl.Clc1cc(S[C@H]2CCNC2)ncn1. The highest BCUT2D eigenvalue weighted by Gasteiger charge is 2.16. The highest BCUT2D eigenvalue weighted by atomic mass is 35.5. The maximum absolute atomic E-state index is 5.75. The molecule has 1 atom stereocenters. The predicted molar refractivity (Wildman–Crippen MR) is 61.4 cm³/mol. The van der Waals surface area contributed by atoms with Crippen LogP contribution in [0, 0.1) is 0 Å². The van der Waals surface area contributed by atoms with Crippen molar-refractivity contribution >= 4 is 35.8 Å². The van der Waals surface area contributed by atoms with E-state index >= 15 is 0 Å². The van der Waals surface area contributed by atoms with Crippen LogP contribution in [0.5, 0.6) is 0 Å². The predicted octanol–water partition coefficient (Wildman–Crippen LogP) is 2.01. The first-order valence-electron chi connectivity index (χ1n) is 4.19. The summed E-state index contributed by atoms with van der Waals surface area (Å²) in [6, 6.07) is 1.81. The van der Waals surface area contributed by atoms with Crippen LogP contribution in [0.1, 0.15) is 6.42 Å². The zero-order chi connectivity index (χ0) is 9.10. The van der Waals surface area contributed by atoms with Gasteiger partial charge in [0, 0.05) is 17.9 Å². The van der Waals surface area contributed by atoms with Crippen molar-refractivity contribution in [2.45, 2.75) is 16.7 Å². The fourth-order valence-corrected chi connectivity index (χ4v) is 2.56. The van der Waals surface area contributed by atoms with Gasteiger partial charge in [0.15, 0.2) is 0 Å². The number of rotatable bonds is 2. The molecule has 0 unspecified atom stereocenters. The first-order chi connectivity index (χ1) is 6.34. The number of halogens is 2. The van der Waals surface area contributed by atoms with Crippen LogP contribution >= 0.6 is 35.8 Å². The molecule has 1 saturated heterocycles. The molecule has 0 bridgehead atoms. The molecular weight excluding hydrogens is 241 g/mol. The zero-order valence-corrected chi connectivity index (χ0v) is 9.83. The maximum Gasteiger partial charge on any atom is 0.133 e. The summed E-state index contributed by atoms with van der Waals surface area (Å²) in [6.45, 7) is 2.17. The van der Waals surface area contributed by atoms with Crippen LogP contribution in [-0.4, -0.2) is 28.3 Å². The van der Waals surface area contributed by atoms with Gasteiger partial charge in [-0.15, -0.1) is 24.2 Å². The van der Waals surface area contributed by atoms with E-state index in [0.717, 1.165) is 18.1 Å². The van der Waals surface area contributed by atoms with E-state index in [1.807, 2.05) is 6.07 Å². The second-order valence-corrected chi connectivity index (χ2v) is 4.62. The molecule has 1 aromatic rings. The Balaban J connectivity index is 0.000000980. The van der Waals surface area contributed by atoms with Crippen LogP contribution in [0.3, 0.4) is 0 Å². The summed E-state index contributed by atoms with van der Waals surface area (Å²) in [7, 11) is 0. The number of hydrogen-bond acceptors (Lipinski definition) is 4. The van der Waals surface area contributed by atoms with Crippen molar-refractivity contribution in [3.63, 3.8) is 0 Å². The normalized spacial score (nSPS) is 20.5. The molecule has 1 fully saturated rings. The van der Waals surface area contributed by atoms with Crippen molar-refractivity contribution in [2.75, 3.05) is 13.1 Å². The van der Waals surface area contributed by atoms with Gasteiger partial charge in [-0.1, -0.05) is 11.6 Å². The van der Waals surface area contributed by atoms with Gasteiger partial charge in [-0.3, -0.25) is 0 Å². The van der Waals surface area contributed by atoms with E-state index in [2.05, 4.69) is 15.3 Å². The van der Waals surface area contributed by atoms with Crippen LogP contribution in [0.4, 0.5) is 0 Å². The average Bonchev–Trinajstić information content (AvgIpc) is 2.57. The summed E-state index contributed by atoms with van der Waals surface area (Å²) >= 11 is 7.52. The molecule has 0 aliphatic carbocycles. The molecule has 14 heavy (non-hydrogen) atoms. The quantitative estimate of drug-likeness (QED) is 0.817. The number of nitrogens with zero attached hydrogens (tertiary/aromatic N) is 2. The lowest BCUT2D eigenvalue weighted by molar-refractivity contribution is 0.858. The van der Waals surface area contributed by atoms with Gasteiger partial charge in [0.05, 0.1) is 0 Å². The van der Waals surface area contributed by atoms with Crippen molar-refractivity contribution in [1.29, 1.82) is 0 Å². The minimum absolute atomic E-state index is 0. The van der Waals surface area contributed by atoms with E-state index in [0.29, 0.717) is 10.4 Å². The van der Waals surface area contributed by atoms with Crippen molar-refractivity contribution in [1.82, 2.24) is 15.3 Å². The summed E-state index contributed by atoms with van der Waals surface area (Å²) in [4.78, 5) is 7.98. The fourth-order valence-electron chi connectivity index (χ4n) is 1.28. The van der Waals surface area contributed by atoms with E-state index in [-0.39, 0.29) is 12.4 Å². The monoisotopic (exact) mass is 251 g/mol. The Kier molecular flexibility index (Phi) is 4.95. The maximum atomic E-state index is 5.75. The second kappa shape index (κ2) is 5.75. The summed E-state index contributed by atoms with van der Waals surface area (Å²) in [5.74, 6) is 0. The van der Waals surface area contributed by atoms with Crippen LogP contribution in [0.15, 0.2) is 17.4 Å². The Morgan fingerprint density at radius 1 is 1.50 bits per heavy atom. The van der Waals surface area contributed by atoms with Crippen molar-refractivity contribution in [2.24, 2.45) is 0 Å². The Labute approximate surface area is 98.5 Å². The van der Waals surface area contributed by atoms with Gasteiger partial charge in [0.1, 0.15) is 16.5 Å². The highest BCUT2D eigenvalue weighted by Crippen LogP contribution is 2.25. The Hall–Kier alpha value is -0.0300. The average molecular weight is 252 g/mol. The topological polar surface area (TPSA) is 37.8 Å². The van der Waals surface area contributed by atoms with Crippen LogP contribution in [0.2, 0.25) is 5.15 Å². The number of nitrogens with one attached hydrogen (secondary N) is 1. The van der Waals surface area contributed by atoms with Gasteiger partial charge in [0.25, 0.3) is 0 Å². The molecule has 0 spiro atoms. The summed E-state index contributed by atoms with van der Waals surface area (Å²) in [6.07, 6.45) is 2.71. The molecular formula is C8H11Cl2N3S. The molecule has 0 radical (unpaired) electrons. The molecule has 0 saturated carbocycles. The molecule has 3 nitrogen and oxygen atoms in total. The molecule has 1 aromatic heterocycles. The lowest BCUT2D eigenvalue weighted by Gasteiger charge is -2.05. The first kappa shape index (κ1) is 12.0. The second-order valence-electron chi connectivity index (χ2n) is 2.91. The van der Waals surface area contributed by atoms with Gasteiger partial charge >= 0.3 is 0 Å². The van der Waals surface area contributed by atoms with E-state index < -0.39 is 0 Å².